The molecule has 0 amide bonds. The Bertz CT molecular complexity index is 451. The molecule has 0 atom stereocenters. The minimum absolute atomic E-state index is 0.316. The van der Waals surface area contributed by atoms with Gasteiger partial charge in [0.05, 0.1) is 7.11 Å². The van der Waals surface area contributed by atoms with E-state index in [0.29, 0.717) is 5.41 Å². The maximum Gasteiger partial charge on any atom is 0.126 e. The molecule has 1 heteroatoms. The zero-order valence-corrected chi connectivity index (χ0v) is 10.7. The zero-order chi connectivity index (χ0) is 11.9. The molecule has 3 rings (SSSR count). The maximum atomic E-state index is 5.46. The number of allylic oxidation sites excluding steroid dienone is 1. The topological polar surface area (TPSA) is 9.23 Å². The summed E-state index contributed by atoms with van der Waals surface area (Å²) in [6, 6.07) is 6.48. The third-order valence-corrected chi connectivity index (χ3v) is 4.56. The minimum atomic E-state index is 0.316. The van der Waals surface area contributed by atoms with Gasteiger partial charge in [0, 0.05) is 11.0 Å². The number of methoxy groups -OCH3 is 1. The van der Waals surface area contributed by atoms with Gasteiger partial charge in [-0.05, 0) is 43.2 Å². The van der Waals surface area contributed by atoms with E-state index in [4.69, 9.17) is 4.74 Å². The molecule has 0 aromatic heterocycles. The van der Waals surface area contributed by atoms with Crippen molar-refractivity contribution in [3.8, 4) is 5.75 Å². The second kappa shape index (κ2) is 3.90. The summed E-state index contributed by atoms with van der Waals surface area (Å²) < 4.78 is 5.46. The summed E-state index contributed by atoms with van der Waals surface area (Å²) in [4.78, 5) is 0. The van der Waals surface area contributed by atoms with E-state index in [1.165, 1.54) is 36.8 Å². The third kappa shape index (κ3) is 1.60. The first-order chi connectivity index (χ1) is 8.25. The molecule has 1 aromatic carbocycles. The molecule has 1 spiro atoms. The molecule has 1 saturated carbocycles. The quantitative estimate of drug-likeness (QED) is 0.701. The lowest BCUT2D eigenvalue weighted by Crippen LogP contribution is -2.27. The SMILES string of the molecule is COc1cccc2c1C=CC21CCC(C)CC1. The van der Waals surface area contributed by atoms with Crippen LogP contribution in [-0.2, 0) is 5.41 Å². The highest BCUT2D eigenvalue weighted by Crippen LogP contribution is 2.49. The predicted octanol–water partition coefficient (Wildman–Crippen LogP) is 4.17. The Morgan fingerprint density at radius 2 is 2.00 bits per heavy atom. The van der Waals surface area contributed by atoms with Gasteiger partial charge in [0.25, 0.3) is 0 Å². The summed E-state index contributed by atoms with van der Waals surface area (Å²) in [6.07, 6.45) is 9.98. The van der Waals surface area contributed by atoms with E-state index in [0.717, 1.165) is 11.7 Å². The van der Waals surface area contributed by atoms with Crippen molar-refractivity contribution < 1.29 is 4.74 Å². The fourth-order valence-corrected chi connectivity index (χ4v) is 3.37. The summed E-state index contributed by atoms with van der Waals surface area (Å²) in [5.74, 6) is 1.91. The number of rotatable bonds is 1. The van der Waals surface area contributed by atoms with E-state index >= 15 is 0 Å². The van der Waals surface area contributed by atoms with Crippen molar-refractivity contribution in [3.05, 3.63) is 35.4 Å². The molecule has 1 aromatic rings. The van der Waals surface area contributed by atoms with Gasteiger partial charge >= 0.3 is 0 Å². The number of benzene rings is 1. The Morgan fingerprint density at radius 1 is 1.24 bits per heavy atom. The van der Waals surface area contributed by atoms with Gasteiger partial charge in [-0.2, -0.15) is 0 Å². The lowest BCUT2D eigenvalue weighted by molar-refractivity contribution is 0.290. The van der Waals surface area contributed by atoms with Crippen LogP contribution in [0.4, 0.5) is 0 Å². The molecule has 1 nitrogen and oxygen atoms in total. The molecule has 0 bridgehead atoms. The lowest BCUT2D eigenvalue weighted by Gasteiger charge is -2.36. The highest BCUT2D eigenvalue weighted by Gasteiger charge is 2.38. The second-order valence-corrected chi connectivity index (χ2v) is 5.59. The average molecular weight is 228 g/mol. The summed E-state index contributed by atoms with van der Waals surface area (Å²) in [7, 11) is 1.76. The highest BCUT2D eigenvalue weighted by molar-refractivity contribution is 5.70. The smallest absolute Gasteiger partial charge is 0.126 e. The fraction of sp³-hybridized carbons (Fsp3) is 0.500. The minimum Gasteiger partial charge on any atom is -0.496 e. The first kappa shape index (κ1) is 10.9. The lowest BCUT2D eigenvalue weighted by atomic mass is 9.68. The first-order valence-electron chi connectivity index (χ1n) is 6.62. The van der Waals surface area contributed by atoms with Gasteiger partial charge in [0.1, 0.15) is 5.75 Å². The van der Waals surface area contributed by atoms with Gasteiger partial charge in [-0.3, -0.25) is 0 Å². The summed E-state index contributed by atoms with van der Waals surface area (Å²) in [5, 5.41) is 0. The van der Waals surface area contributed by atoms with Crippen LogP contribution in [0.3, 0.4) is 0 Å². The van der Waals surface area contributed by atoms with Crippen LogP contribution in [0.1, 0.15) is 43.7 Å². The van der Waals surface area contributed by atoms with E-state index in [9.17, 15) is 0 Å². The standard InChI is InChI=1S/C16H20O/c1-12-6-9-16(10-7-12)11-8-13-14(16)4-3-5-15(13)17-2/h3-5,8,11-12H,6-7,9-10H2,1-2H3. The maximum absolute atomic E-state index is 5.46. The van der Waals surface area contributed by atoms with Crippen molar-refractivity contribution in [1.82, 2.24) is 0 Å². The molecule has 0 unspecified atom stereocenters. The molecule has 0 aliphatic heterocycles. The Hall–Kier alpha value is -1.24. The summed E-state index contributed by atoms with van der Waals surface area (Å²) in [6.45, 7) is 2.37. The first-order valence-corrected chi connectivity index (χ1v) is 6.62. The molecule has 1 fully saturated rings. The van der Waals surface area contributed by atoms with Gasteiger partial charge in [0.2, 0.25) is 0 Å². The van der Waals surface area contributed by atoms with Crippen molar-refractivity contribution in [2.75, 3.05) is 7.11 Å². The zero-order valence-electron chi connectivity index (χ0n) is 10.7. The van der Waals surface area contributed by atoms with Gasteiger partial charge in [-0.1, -0.05) is 31.2 Å². The number of fused-ring (bicyclic) bond motifs is 2. The number of hydrogen-bond acceptors (Lipinski definition) is 1. The monoisotopic (exact) mass is 228 g/mol. The van der Waals surface area contributed by atoms with E-state index in [-0.39, 0.29) is 0 Å². The Morgan fingerprint density at radius 3 is 2.71 bits per heavy atom. The van der Waals surface area contributed by atoms with E-state index < -0.39 is 0 Å². The largest absolute Gasteiger partial charge is 0.496 e. The van der Waals surface area contributed by atoms with Crippen LogP contribution in [-0.4, -0.2) is 7.11 Å². The van der Waals surface area contributed by atoms with E-state index in [2.05, 4.69) is 37.3 Å². The van der Waals surface area contributed by atoms with Crippen LogP contribution in [0, 0.1) is 5.92 Å². The van der Waals surface area contributed by atoms with Crippen molar-refractivity contribution in [2.45, 2.75) is 38.0 Å². The molecule has 0 heterocycles. The second-order valence-electron chi connectivity index (χ2n) is 5.59. The summed E-state index contributed by atoms with van der Waals surface area (Å²) in [5.41, 5.74) is 3.12. The van der Waals surface area contributed by atoms with Gasteiger partial charge < -0.3 is 4.74 Å². The van der Waals surface area contributed by atoms with Gasteiger partial charge in [0.15, 0.2) is 0 Å². The fourth-order valence-electron chi connectivity index (χ4n) is 3.37. The van der Waals surface area contributed by atoms with Crippen LogP contribution in [0.25, 0.3) is 6.08 Å². The molecule has 2 aliphatic carbocycles. The molecular weight excluding hydrogens is 208 g/mol. The third-order valence-electron chi connectivity index (χ3n) is 4.56. The van der Waals surface area contributed by atoms with Crippen LogP contribution >= 0.6 is 0 Å². The Balaban J connectivity index is 2.02. The van der Waals surface area contributed by atoms with Gasteiger partial charge in [-0.15, -0.1) is 0 Å². The van der Waals surface area contributed by atoms with Crippen molar-refractivity contribution >= 4 is 6.08 Å². The highest BCUT2D eigenvalue weighted by atomic mass is 16.5. The van der Waals surface area contributed by atoms with E-state index in [1.807, 2.05) is 0 Å². The molecule has 2 aliphatic rings. The molecular formula is C16H20O. The van der Waals surface area contributed by atoms with Crippen LogP contribution in [0.2, 0.25) is 0 Å². The molecule has 17 heavy (non-hydrogen) atoms. The Labute approximate surface area is 103 Å². The number of ether oxygens (including phenoxy) is 1. The van der Waals surface area contributed by atoms with Crippen LogP contribution in [0.5, 0.6) is 5.75 Å². The van der Waals surface area contributed by atoms with Gasteiger partial charge in [-0.25, -0.2) is 0 Å². The molecule has 0 N–H and O–H groups in total. The normalized spacial score (nSPS) is 30.6. The predicted molar refractivity (Wildman–Crippen MR) is 71.3 cm³/mol. The average Bonchev–Trinajstić information content (AvgIpc) is 2.73. The van der Waals surface area contributed by atoms with Crippen molar-refractivity contribution in [2.24, 2.45) is 5.92 Å². The van der Waals surface area contributed by atoms with Crippen molar-refractivity contribution in [3.63, 3.8) is 0 Å². The van der Waals surface area contributed by atoms with Crippen molar-refractivity contribution in [1.29, 1.82) is 0 Å². The molecule has 0 radical (unpaired) electrons. The van der Waals surface area contributed by atoms with Crippen LogP contribution in [0.15, 0.2) is 24.3 Å². The molecule has 90 valence electrons. The molecule has 0 saturated heterocycles. The summed E-state index contributed by atoms with van der Waals surface area (Å²) >= 11 is 0. The Kier molecular flexibility index (Phi) is 2.50. The van der Waals surface area contributed by atoms with Crippen LogP contribution < -0.4 is 4.74 Å². The number of hydrogen-bond donors (Lipinski definition) is 0. The van der Waals surface area contributed by atoms with E-state index in [1.54, 1.807) is 7.11 Å².